The average molecular weight is 479 g/mol. The van der Waals surface area contributed by atoms with Crippen molar-refractivity contribution in [2.75, 3.05) is 6.61 Å². The number of rotatable bonds is 10. The van der Waals surface area contributed by atoms with Gasteiger partial charge in [-0.1, -0.05) is 81.1 Å². The Morgan fingerprint density at radius 3 is 2.20 bits per heavy atom. The van der Waals surface area contributed by atoms with Gasteiger partial charge in [-0.25, -0.2) is 4.79 Å². The molecule has 2 aromatic carbocycles. The van der Waals surface area contributed by atoms with E-state index in [4.69, 9.17) is 4.74 Å². The first kappa shape index (κ1) is 24.8. The molecule has 0 aliphatic heterocycles. The third-order valence-electron chi connectivity index (χ3n) is 7.24. The Labute approximate surface area is 206 Å². The largest absolute Gasteiger partial charge is 0.481 e. The maximum atomic E-state index is 13.3. The van der Waals surface area contributed by atoms with Crippen LogP contribution in [0.2, 0.25) is 0 Å². The summed E-state index contributed by atoms with van der Waals surface area (Å²) in [6.07, 6.45) is 4.23. The van der Waals surface area contributed by atoms with E-state index in [-0.39, 0.29) is 24.9 Å². The number of carboxylic acids is 1. The number of fused-ring (bicyclic) bond motifs is 3. The SMILES string of the molecule is CCCCC(CC(=O)O)NC(=O)C1(NC(=O)OCC2c3ccccc3-c3ccccc32)CCCC1. The first-order valence-corrected chi connectivity index (χ1v) is 12.6. The summed E-state index contributed by atoms with van der Waals surface area (Å²) in [5.74, 6) is -1.32. The van der Waals surface area contributed by atoms with E-state index in [1.54, 1.807) is 0 Å². The van der Waals surface area contributed by atoms with Crippen molar-refractivity contribution in [2.24, 2.45) is 0 Å². The van der Waals surface area contributed by atoms with Gasteiger partial charge in [0.05, 0.1) is 6.42 Å². The van der Waals surface area contributed by atoms with Gasteiger partial charge in [0.25, 0.3) is 0 Å². The fourth-order valence-corrected chi connectivity index (χ4v) is 5.43. The predicted molar refractivity (Wildman–Crippen MR) is 133 cm³/mol. The zero-order chi connectivity index (χ0) is 24.8. The Hall–Kier alpha value is -3.35. The minimum absolute atomic E-state index is 0.0597. The normalized spacial score (nSPS) is 16.7. The first-order valence-electron chi connectivity index (χ1n) is 12.6. The van der Waals surface area contributed by atoms with Gasteiger partial charge < -0.3 is 20.5 Å². The van der Waals surface area contributed by atoms with Gasteiger partial charge in [0.2, 0.25) is 5.91 Å². The van der Waals surface area contributed by atoms with Gasteiger partial charge in [-0.3, -0.25) is 9.59 Å². The molecule has 1 fully saturated rings. The molecule has 4 rings (SSSR count). The lowest BCUT2D eigenvalue weighted by Crippen LogP contribution is -2.59. The van der Waals surface area contributed by atoms with Crippen LogP contribution in [0, 0.1) is 0 Å². The lowest BCUT2D eigenvalue weighted by atomic mass is 9.95. The fraction of sp³-hybridized carbons (Fsp3) is 0.464. The van der Waals surface area contributed by atoms with E-state index in [9.17, 15) is 19.5 Å². The number of benzene rings is 2. The van der Waals surface area contributed by atoms with Crippen molar-refractivity contribution in [3.63, 3.8) is 0 Å². The van der Waals surface area contributed by atoms with E-state index in [0.29, 0.717) is 19.3 Å². The monoisotopic (exact) mass is 478 g/mol. The van der Waals surface area contributed by atoms with Crippen molar-refractivity contribution in [3.05, 3.63) is 59.7 Å². The highest BCUT2D eigenvalue weighted by molar-refractivity contribution is 5.91. The molecule has 0 heterocycles. The van der Waals surface area contributed by atoms with Crippen LogP contribution in [0.3, 0.4) is 0 Å². The summed E-state index contributed by atoms with van der Waals surface area (Å²) in [6, 6.07) is 15.8. The Morgan fingerprint density at radius 2 is 1.63 bits per heavy atom. The molecule has 35 heavy (non-hydrogen) atoms. The van der Waals surface area contributed by atoms with Gasteiger partial charge in [-0.05, 0) is 41.5 Å². The number of ether oxygens (including phenoxy) is 1. The quantitative estimate of drug-likeness (QED) is 0.446. The molecule has 0 aromatic heterocycles. The van der Waals surface area contributed by atoms with Crippen molar-refractivity contribution >= 4 is 18.0 Å². The standard InChI is InChI=1S/C28H34N2O5/c1-2-3-10-19(17-25(31)32)29-26(33)28(15-8-9-16-28)30-27(34)35-18-24-22-13-6-4-11-20(22)21-12-5-7-14-23(21)24/h4-7,11-14,19,24H,2-3,8-10,15-18H2,1H3,(H,29,33)(H,30,34)(H,31,32). The lowest BCUT2D eigenvalue weighted by molar-refractivity contribution is -0.138. The highest BCUT2D eigenvalue weighted by atomic mass is 16.5. The summed E-state index contributed by atoms with van der Waals surface area (Å²) in [6.45, 7) is 2.20. The number of carbonyl (C=O) groups excluding carboxylic acids is 2. The minimum atomic E-state index is -1.06. The minimum Gasteiger partial charge on any atom is -0.481 e. The highest BCUT2D eigenvalue weighted by Gasteiger charge is 2.44. The molecule has 7 nitrogen and oxygen atoms in total. The van der Waals surface area contributed by atoms with Crippen LogP contribution in [0.4, 0.5) is 4.79 Å². The summed E-state index contributed by atoms with van der Waals surface area (Å²) in [5.41, 5.74) is 3.50. The number of unbranched alkanes of at least 4 members (excludes halogenated alkanes) is 1. The highest BCUT2D eigenvalue weighted by Crippen LogP contribution is 2.44. The van der Waals surface area contributed by atoms with Crippen LogP contribution in [0.5, 0.6) is 0 Å². The fourth-order valence-electron chi connectivity index (χ4n) is 5.43. The average Bonchev–Trinajstić information content (AvgIpc) is 3.44. The maximum Gasteiger partial charge on any atom is 0.408 e. The number of carboxylic acid groups (broad SMARTS) is 1. The van der Waals surface area contributed by atoms with E-state index >= 15 is 0 Å². The molecule has 186 valence electrons. The van der Waals surface area contributed by atoms with Crippen molar-refractivity contribution in [1.82, 2.24) is 10.6 Å². The van der Waals surface area contributed by atoms with Gasteiger partial charge >= 0.3 is 12.1 Å². The molecule has 7 heteroatoms. The van der Waals surface area contributed by atoms with Gasteiger partial charge in [0.1, 0.15) is 12.1 Å². The number of alkyl carbamates (subject to hydrolysis) is 1. The molecule has 2 aromatic rings. The molecule has 1 saturated carbocycles. The second-order valence-electron chi connectivity index (χ2n) is 9.65. The molecule has 1 atom stereocenters. The number of carbonyl (C=O) groups is 3. The smallest absolute Gasteiger partial charge is 0.408 e. The van der Waals surface area contributed by atoms with Crippen LogP contribution in [0.1, 0.15) is 75.3 Å². The summed E-state index contributed by atoms with van der Waals surface area (Å²) in [5, 5.41) is 15.0. The van der Waals surface area contributed by atoms with Crippen LogP contribution in [-0.4, -0.2) is 41.3 Å². The van der Waals surface area contributed by atoms with Crippen LogP contribution in [0.15, 0.2) is 48.5 Å². The Kier molecular flexibility index (Phi) is 7.73. The Balaban J connectivity index is 1.42. The summed E-state index contributed by atoms with van der Waals surface area (Å²) < 4.78 is 5.69. The summed E-state index contributed by atoms with van der Waals surface area (Å²) >= 11 is 0. The van der Waals surface area contributed by atoms with Gasteiger partial charge in [-0.2, -0.15) is 0 Å². The van der Waals surface area contributed by atoms with Crippen molar-refractivity contribution < 1.29 is 24.2 Å². The van der Waals surface area contributed by atoms with E-state index in [2.05, 4.69) is 34.9 Å². The lowest BCUT2D eigenvalue weighted by Gasteiger charge is -2.31. The second-order valence-corrected chi connectivity index (χ2v) is 9.65. The van der Waals surface area contributed by atoms with Gasteiger partial charge in [-0.15, -0.1) is 0 Å². The number of nitrogens with one attached hydrogen (secondary N) is 2. The van der Waals surface area contributed by atoms with Crippen LogP contribution in [-0.2, 0) is 14.3 Å². The Bertz CT molecular complexity index is 1030. The van der Waals surface area contributed by atoms with Crippen LogP contribution >= 0.6 is 0 Å². The molecule has 2 amide bonds. The van der Waals surface area contributed by atoms with E-state index < -0.39 is 23.6 Å². The summed E-state index contributed by atoms with van der Waals surface area (Å²) in [4.78, 5) is 37.5. The number of hydrogen-bond donors (Lipinski definition) is 3. The van der Waals surface area contributed by atoms with Gasteiger partial charge in [0.15, 0.2) is 0 Å². The molecule has 1 unspecified atom stereocenters. The number of aliphatic carboxylic acids is 1. The zero-order valence-electron chi connectivity index (χ0n) is 20.2. The van der Waals surface area contributed by atoms with Crippen molar-refractivity contribution in [3.8, 4) is 11.1 Å². The molecular formula is C28H34N2O5. The van der Waals surface area contributed by atoms with Crippen LogP contribution in [0.25, 0.3) is 11.1 Å². The van der Waals surface area contributed by atoms with Crippen molar-refractivity contribution in [1.29, 1.82) is 0 Å². The molecule has 0 bridgehead atoms. The van der Waals surface area contributed by atoms with Crippen LogP contribution < -0.4 is 10.6 Å². The summed E-state index contributed by atoms with van der Waals surface area (Å²) in [7, 11) is 0. The van der Waals surface area contributed by atoms with Gasteiger partial charge in [0, 0.05) is 12.0 Å². The Morgan fingerprint density at radius 1 is 1.03 bits per heavy atom. The second kappa shape index (κ2) is 10.9. The van der Waals surface area contributed by atoms with E-state index in [1.165, 1.54) is 0 Å². The van der Waals surface area contributed by atoms with Crippen molar-refractivity contribution in [2.45, 2.75) is 75.8 Å². The topological polar surface area (TPSA) is 105 Å². The number of amides is 2. The zero-order valence-corrected chi connectivity index (χ0v) is 20.2. The first-order chi connectivity index (χ1) is 16.9. The molecule has 2 aliphatic rings. The maximum absolute atomic E-state index is 13.3. The molecule has 0 radical (unpaired) electrons. The third-order valence-corrected chi connectivity index (χ3v) is 7.24. The molecule has 2 aliphatic carbocycles. The molecule has 3 N–H and O–H groups in total. The van der Waals surface area contributed by atoms with E-state index in [0.717, 1.165) is 47.9 Å². The predicted octanol–water partition coefficient (Wildman–Crippen LogP) is 4.99. The molecule has 0 spiro atoms. The third kappa shape index (κ3) is 5.50. The molecular weight excluding hydrogens is 444 g/mol. The molecule has 0 saturated heterocycles. The van der Waals surface area contributed by atoms with E-state index in [1.807, 2.05) is 31.2 Å². The number of hydrogen-bond acceptors (Lipinski definition) is 4.